The molecular formula is C27H23BrFN3O3. The second-order valence-electron chi connectivity index (χ2n) is 8.96. The van der Waals surface area contributed by atoms with Gasteiger partial charge in [-0.05, 0) is 54.3 Å². The van der Waals surface area contributed by atoms with E-state index in [1.54, 1.807) is 33.7 Å². The van der Waals surface area contributed by atoms with E-state index < -0.39 is 11.7 Å². The minimum absolute atomic E-state index is 0.0237. The highest BCUT2D eigenvalue weighted by molar-refractivity contribution is 9.10. The van der Waals surface area contributed by atoms with Crippen LogP contribution in [0.2, 0.25) is 0 Å². The Labute approximate surface area is 210 Å². The number of amides is 2. The number of nitrogens with one attached hydrogen (secondary N) is 1. The first-order chi connectivity index (χ1) is 16.9. The number of nitrogens with zero attached hydrogens (tertiary/aromatic N) is 2. The minimum atomic E-state index is -0.688. The summed E-state index contributed by atoms with van der Waals surface area (Å²) in [6.07, 6.45) is 2.51. The molecule has 1 saturated heterocycles. The van der Waals surface area contributed by atoms with Crippen LogP contribution in [0.5, 0.6) is 0 Å². The van der Waals surface area contributed by atoms with Crippen LogP contribution in [0.25, 0.3) is 6.08 Å². The molecule has 178 valence electrons. The summed E-state index contributed by atoms with van der Waals surface area (Å²) >= 11 is 3.43. The van der Waals surface area contributed by atoms with Crippen molar-refractivity contribution in [2.45, 2.75) is 18.9 Å². The number of benzene rings is 2. The quantitative estimate of drug-likeness (QED) is 0.509. The lowest BCUT2D eigenvalue weighted by Gasteiger charge is -2.43. The van der Waals surface area contributed by atoms with Crippen molar-refractivity contribution in [3.63, 3.8) is 0 Å². The van der Waals surface area contributed by atoms with Gasteiger partial charge in [-0.2, -0.15) is 0 Å². The molecule has 2 aliphatic rings. The molecule has 0 radical (unpaired) electrons. The normalized spacial score (nSPS) is 19.1. The smallest absolute Gasteiger partial charge is 0.270 e. The second kappa shape index (κ2) is 9.62. The Kier molecular flexibility index (Phi) is 6.38. The Morgan fingerprint density at radius 1 is 1.00 bits per heavy atom. The number of carbonyl (C=O) groups is 2. The van der Waals surface area contributed by atoms with Gasteiger partial charge in [0.15, 0.2) is 0 Å². The fourth-order valence-electron chi connectivity index (χ4n) is 4.98. The summed E-state index contributed by atoms with van der Waals surface area (Å²) in [5.41, 5.74) is 1.56. The third kappa shape index (κ3) is 4.84. The summed E-state index contributed by atoms with van der Waals surface area (Å²) in [6.45, 7) is 1.47. The predicted molar refractivity (Wildman–Crippen MR) is 134 cm³/mol. The zero-order valence-corrected chi connectivity index (χ0v) is 20.4. The number of likely N-dealkylation sites (tertiary alicyclic amines) is 1. The zero-order valence-electron chi connectivity index (χ0n) is 18.8. The molecule has 8 heteroatoms. The third-order valence-corrected chi connectivity index (χ3v) is 7.02. The van der Waals surface area contributed by atoms with E-state index in [0.29, 0.717) is 25.2 Å². The van der Waals surface area contributed by atoms with Gasteiger partial charge in [0, 0.05) is 41.8 Å². The van der Waals surface area contributed by atoms with E-state index in [-0.39, 0.29) is 34.6 Å². The number of aromatic nitrogens is 1. The lowest BCUT2D eigenvalue weighted by atomic mass is 9.83. The van der Waals surface area contributed by atoms with Crippen LogP contribution in [-0.2, 0) is 11.3 Å². The molecule has 6 nitrogen and oxygen atoms in total. The van der Waals surface area contributed by atoms with Gasteiger partial charge < -0.3 is 14.8 Å². The molecule has 1 aromatic heterocycles. The number of carbonyl (C=O) groups excluding carboxylic acids is 2. The first kappa shape index (κ1) is 23.2. The molecule has 2 unspecified atom stereocenters. The highest BCUT2D eigenvalue weighted by Crippen LogP contribution is 2.35. The molecule has 2 aliphatic heterocycles. The van der Waals surface area contributed by atoms with E-state index in [1.165, 1.54) is 18.2 Å². The molecule has 2 bridgehead atoms. The number of piperidine rings is 1. The van der Waals surface area contributed by atoms with Crippen LogP contribution in [0.3, 0.4) is 0 Å². The summed E-state index contributed by atoms with van der Waals surface area (Å²) in [6, 6.07) is 18.3. The van der Waals surface area contributed by atoms with E-state index in [1.807, 2.05) is 30.3 Å². The summed E-state index contributed by atoms with van der Waals surface area (Å²) in [5, 5.41) is 2.65. The minimum Gasteiger partial charge on any atom is -0.336 e. The SMILES string of the molecule is O=C(NC(=Cc1cccc(Br)c1)C(=O)N1CC2CC(C1)c1cccc(=O)n1C2)c1ccccc1F. The number of fused-ring (bicyclic) bond motifs is 4. The molecule has 0 spiro atoms. The maximum absolute atomic E-state index is 14.2. The summed E-state index contributed by atoms with van der Waals surface area (Å²) in [7, 11) is 0. The van der Waals surface area contributed by atoms with Crippen LogP contribution in [0.1, 0.15) is 34.0 Å². The molecule has 1 fully saturated rings. The molecule has 0 aliphatic carbocycles. The van der Waals surface area contributed by atoms with E-state index in [2.05, 4.69) is 21.2 Å². The molecule has 3 aromatic rings. The van der Waals surface area contributed by atoms with Crippen LogP contribution < -0.4 is 10.9 Å². The molecule has 35 heavy (non-hydrogen) atoms. The Hall–Kier alpha value is -3.52. The molecule has 2 amide bonds. The lowest BCUT2D eigenvalue weighted by Crippen LogP contribution is -2.50. The summed E-state index contributed by atoms with van der Waals surface area (Å²) in [5.74, 6) is -1.51. The van der Waals surface area contributed by atoms with Crippen LogP contribution >= 0.6 is 15.9 Å². The van der Waals surface area contributed by atoms with Crippen LogP contribution in [-0.4, -0.2) is 34.4 Å². The van der Waals surface area contributed by atoms with Crippen molar-refractivity contribution in [1.82, 2.24) is 14.8 Å². The average molecular weight is 536 g/mol. The highest BCUT2D eigenvalue weighted by Gasteiger charge is 2.37. The van der Waals surface area contributed by atoms with Crippen molar-refractivity contribution in [1.29, 1.82) is 0 Å². The van der Waals surface area contributed by atoms with Crippen LogP contribution in [0.15, 0.2) is 81.7 Å². The molecule has 1 N–H and O–H groups in total. The summed E-state index contributed by atoms with van der Waals surface area (Å²) in [4.78, 5) is 40.7. The monoisotopic (exact) mass is 535 g/mol. The lowest BCUT2D eigenvalue weighted by molar-refractivity contribution is -0.130. The summed E-state index contributed by atoms with van der Waals surface area (Å²) < 4.78 is 16.9. The number of rotatable bonds is 4. The van der Waals surface area contributed by atoms with Crippen LogP contribution in [0.4, 0.5) is 4.39 Å². The highest BCUT2D eigenvalue weighted by atomic mass is 79.9. The second-order valence-corrected chi connectivity index (χ2v) is 9.87. The van der Waals surface area contributed by atoms with Gasteiger partial charge in [0.25, 0.3) is 17.4 Å². The first-order valence-corrected chi connectivity index (χ1v) is 12.2. The Morgan fingerprint density at radius 3 is 2.60 bits per heavy atom. The average Bonchev–Trinajstić information content (AvgIpc) is 2.84. The number of hydrogen-bond acceptors (Lipinski definition) is 3. The van der Waals surface area contributed by atoms with Crippen molar-refractivity contribution < 1.29 is 14.0 Å². The van der Waals surface area contributed by atoms with Gasteiger partial charge in [0.1, 0.15) is 11.5 Å². The molecule has 0 saturated carbocycles. The third-order valence-electron chi connectivity index (χ3n) is 6.52. The van der Waals surface area contributed by atoms with Gasteiger partial charge in [-0.25, -0.2) is 4.39 Å². The number of pyridine rings is 1. The van der Waals surface area contributed by atoms with E-state index in [4.69, 9.17) is 0 Å². The van der Waals surface area contributed by atoms with Gasteiger partial charge >= 0.3 is 0 Å². The van der Waals surface area contributed by atoms with Gasteiger partial charge in [0.05, 0.1) is 5.56 Å². The Balaban J connectivity index is 1.46. The van der Waals surface area contributed by atoms with Crippen molar-refractivity contribution >= 4 is 33.8 Å². The van der Waals surface area contributed by atoms with Crippen LogP contribution in [0, 0.1) is 11.7 Å². The van der Waals surface area contributed by atoms with E-state index in [9.17, 15) is 18.8 Å². The van der Waals surface area contributed by atoms with Gasteiger partial charge in [-0.3, -0.25) is 14.4 Å². The predicted octanol–water partition coefficient (Wildman–Crippen LogP) is 4.17. The number of hydrogen-bond donors (Lipinski definition) is 1. The standard InChI is InChI=1S/C27H23BrFN3O3/c28-20-6-3-5-17(12-20)13-23(30-26(34)21-7-1-2-8-22(21)29)27(35)31-14-18-11-19(16-31)24-9-4-10-25(33)32(24)15-18/h1-10,12-13,18-19H,11,14-16H2,(H,30,34). The number of halogens is 2. The fraction of sp³-hybridized carbons (Fsp3) is 0.222. The van der Waals surface area contributed by atoms with E-state index >= 15 is 0 Å². The molecule has 5 rings (SSSR count). The van der Waals surface area contributed by atoms with Gasteiger partial charge in [-0.1, -0.05) is 46.3 Å². The topological polar surface area (TPSA) is 71.4 Å². The van der Waals surface area contributed by atoms with Crippen molar-refractivity contribution in [2.75, 3.05) is 13.1 Å². The first-order valence-electron chi connectivity index (χ1n) is 11.4. The molecule has 3 heterocycles. The van der Waals surface area contributed by atoms with Crippen molar-refractivity contribution in [3.05, 3.63) is 110 Å². The molecule has 2 aromatic carbocycles. The largest absolute Gasteiger partial charge is 0.336 e. The Morgan fingerprint density at radius 2 is 1.80 bits per heavy atom. The zero-order chi connectivity index (χ0) is 24.5. The molecular weight excluding hydrogens is 513 g/mol. The Bertz CT molecular complexity index is 1400. The fourth-order valence-corrected chi connectivity index (χ4v) is 5.40. The van der Waals surface area contributed by atoms with Crippen molar-refractivity contribution in [3.8, 4) is 0 Å². The maximum Gasteiger partial charge on any atom is 0.270 e. The molecule has 2 atom stereocenters. The van der Waals surface area contributed by atoms with Crippen molar-refractivity contribution in [2.24, 2.45) is 5.92 Å². The van der Waals surface area contributed by atoms with Gasteiger partial charge in [-0.15, -0.1) is 0 Å². The van der Waals surface area contributed by atoms with Gasteiger partial charge in [0.2, 0.25) is 0 Å². The maximum atomic E-state index is 14.2. The van der Waals surface area contributed by atoms with E-state index in [0.717, 1.165) is 16.6 Å².